The Kier molecular flexibility index (Phi) is 6.04. The van der Waals surface area contributed by atoms with E-state index in [1.54, 1.807) is 6.20 Å². The van der Waals surface area contributed by atoms with Gasteiger partial charge in [-0.15, -0.1) is 5.10 Å². The van der Waals surface area contributed by atoms with Crippen molar-refractivity contribution >= 4 is 29.0 Å². The number of nitrogens with one attached hydrogen (secondary N) is 3. The number of rotatable bonds is 7. The lowest BCUT2D eigenvalue weighted by Crippen LogP contribution is -2.29. The summed E-state index contributed by atoms with van der Waals surface area (Å²) in [5.41, 5.74) is 4.51. The number of anilines is 2. The first-order chi connectivity index (χ1) is 16.5. The molecule has 8 nitrogen and oxygen atoms in total. The first-order valence-corrected chi connectivity index (χ1v) is 12.0. The normalized spacial score (nSPS) is 17.5. The van der Waals surface area contributed by atoms with Crippen molar-refractivity contribution in [2.45, 2.75) is 52.0 Å². The number of aromatic nitrogens is 3. The lowest BCUT2D eigenvalue weighted by Gasteiger charge is -2.16. The molecule has 3 aromatic rings. The van der Waals surface area contributed by atoms with E-state index in [1.807, 2.05) is 42.5 Å². The van der Waals surface area contributed by atoms with Gasteiger partial charge in [-0.2, -0.15) is 5.10 Å². The molecule has 2 amide bonds. The predicted octanol–water partition coefficient (Wildman–Crippen LogP) is 4.07. The fraction of sp³-hybridized carbons (Fsp3) is 0.385. The van der Waals surface area contributed by atoms with E-state index < -0.39 is 0 Å². The maximum Gasteiger partial charge on any atom is 0.253 e. The van der Waals surface area contributed by atoms with Gasteiger partial charge in [0.1, 0.15) is 0 Å². The van der Waals surface area contributed by atoms with Crippen LogP contribution >= 0.6 is 0 Å². The van der Waals surface area contributed by atoms with Gasteiger partial charge >= 0.3 is 0 Å². The number of aryl methyl sites for hydroxylation is 2. The number of carbonyl (C=O) groups is 2. The molecular formula is C26H30N6O2. The first-order valence-electron chi connectivity index (χ1n) is 12.0. The lowest BCUT2D eigenvalue weighted by atomic mass is 9.96. The second-order valence-corrected chi connectivity index (χ2v) is 9.30. The van der Waals surface area contributed by atoms with Crippen molar-refractivity contribution in [1.82, 2.24) is 25.2 Å². The average molecular weight is 459 g/mol. The Morgan fingerprint density at radius 3 is 2.74 bits per heavy atom. The SMILES string of the molecule is Cc1ccc(C(=O)NC2CC2)cc1Nc1nncc2cc(C(=O)NCC3C=CCCC3)c(C)n12. The molecule has 1 unspecified atom stereocenters. The monoisotopic (exact) mass is 458 g/mol. The third-order valence-corrected chi connectivity index (χ3v) is 6.61. The number of benzene rings is 1. The van der Waals surface area contributed by atoms with Gasteiger partial charge in [-0.1, -0.05) is 18.2 Å². The standard InChI is InChI=1S/C26H30N6O2/c1-16-8-9-19(24(33)29-20-10-11-20)12-23(16)30-26-31-28-15-21-13-22(17(2)32(21)26)25(34)27-14-18-6-4-3-5-7-18/h4,6,8-9,12-13,15,18,20H,3,5,7,10-11,14H2,1-2H3,(H,27,34)(H,29,33)(H,30,31). The molecule has 2 aliphatic rings. The first kappa shape index (κ1) is 22.1. The summed E-state index contributed by atoms with van der Waals surface area (Å²) in [4.78, 5) is 25.5. The van der Waals surface area contributed by atoms with E-state index in [-0.39, 0.29) is 11.8 Å². The summed E-state index contributed by atoms with van der Waals surface area (Å²) in [6, 6.07) is 7.71. The van der Waals surface area contributed by atoms with E-state index in [2.05, 4.69) is 38.3 Å². The fourth-order valence-corrected chi connectivity index (χ4v) is 4.39. The van der Waals surface area contributed by atoms with Crippen molar-refractivity contribution in [3.63, 3.8) is 0 Å². The molecule has 0 radical (unpaired) electrons. The van der Waals surface area contributed by atoms with Gasteiger partial charge in [-0.25, -0.2) is 0 Å². The van der Waals surface area contributed by atoms with E-state index in [9.17, 15) is 9.59 Å². The van der Waals surface area contributed by atoms with Crippen molar-refractivity contribution < 1.29 is 9.59 Å². The van der Waals surface area contributed by atoms with Gasteiger partial charge in [-0.05, 0) is 75.6 Å². The Balaban J connectivity index is 1.38. The molecule has 0 saturated heterocycles. The summed E-state index contributed by atoms with van der Waals surface area (Å²) in [6.07, 6.45) is 11.5. The highest BCUT2D eigenvalue weighted by Gasteiger charge is 2.24. The van der Waals surface area contributed by atoms with Gasteiger partial charge in [0.05, 0.1) is 17.3 Å². The van der Waals surface area contributed by atoms with Crippen LogP contribution in [-0.4, -0.2) is 39.0 Å². The number of hydrogen-bond acceptors (Lipinski definition) is 5. The molecule has 1 saturated carbocycles. The van der Waals surface area contributed by atoms with E-state index in [0.29, 0.717) is 35.6 Å². The largest absolute Gasteiger partial charge is 0.351 e. The molecule has 34 heavy (non-hydrogen) atoms. The zero-order valence-electron chi connectivity index (χ0n) is 19.6. The van der Waals surface area contributed by atoms with Crippen LogP contribution in [0.25, 0.3) is 5.52 Å². The van der Waals surface area contributed by atoms with Crippen LogP contribution in [0.5, 0.6) is 0 Å². The van der Waals surface area contributed by atoms with Crippen LogP contribution in [0.1, 0.15) is 64.1 Å². The minimum absolute atomic E-state index is 0.0706. The number of hydrogen-bond donors (Lipinski definition) is 3. The number of allylic oxidation sites excluding steroid dienone is 1. The zero-order valence-corrected chi connectivity index (χ0v) is 19.6. The quantitative estimate of drug-likeness (QED) is 0.464. The van der Waals surface area contributed by atoms with Crippen LogP contribution in [0, 0.1) is 19.8 Å². The van der Waals surface area contributed by atoms with E-state index >= 15 is 0 Å². The molecule has 0 aliphatic heterocycles. The summed E-state index contributed by atoms with van der Waals surface area (Å²) in [6.45, 7) is 4.51. The Morgan fingerprint density at radius 2 is 1.97 bits per heavy atom. The second-order valence-electron chi connectivity index (χ2n) is 9.30. The van der Waals surface area contributed by atoms with E-state index in [0.717, 1.165) is 48.1 Å². The second kappa shape index (κ2) is 9.29. The number of amides is 2. The summed E-state index contributed by atoms with van der Waals surface area (Å²) in [5.74, 6) is 0.717. The molecule has 3 N–H and O–H groups in total. The molecule has 1 atom stereocenters. The number of fused-ring (bicyclic) bond motifs is 1. The van der Waals surface area contributed by atoms with Gasteiger partial charge in [0.15, 0.2) is 0 Å². The molecule has 176 valence electrons. The molecular weight excluding hydrogens is 428 g/mol. The van der Waals surface area contributed by atoms with Crippen LogP contribution in [0.3, 0.4) is 0 Å². The highest BCUT2D eigenvalue weighted by molar-refractivity contribution is 5.97. The lowest BCUT2D eigenvalue weighted by molar-refractivity contribution is 0.0941. The van der Waals surface area contributed by atoms with Gasteiger partial charge < -0.3 is 16.0 Å². The van der Waals surface area contributed by atoms with Crippen LogP contribution in [-0.2, 0) is 0 Å². The molecule has 2 aliphatic carbocycles. The molecule has 8 heteroatoms. The highest BCUT2D eigenvalue weighted by Crippen LogP contribution is 2.25. The van der Waals surface area contributed by atoms with Crippen molar-refractivity contribution in [2.24, 2.45) is 5.92 Å². The molecule has 2 aromatic heterocycles. The van der Waals surface area contributed by atoms with Gasteiger partial charge in [0.2, 0.25) is 5.95 Å². The van der Waals surface area contributed by atoms with Gasteiger partial charge in [-0.3, -0.25) is 14.0 Å². The molecule has 0 spiro atoms. The van der Waals surface area contributed by atoms with Crippen LogP contribution in [0.4, 0.5) is 11.6 Å². The Morgan fingerprint density at radius 1 is 1.12 bits per heavy atom. The molecule has 2 heterocycles. The third kappa shape index (κ3) is 4.66. The van der Waals surface area contributed by atoms with Crippen LogP contribution in [0.15, 0.2) is 42.6 Å². The molecule has 0 bridgehead atoms. The van der Waals surface area contributed by atoms with Crippen molar-refractivity contribution in [2.75, 3.05) is 11.9 Å². The maximum atomic E-state index is 13.0. The van der Waals surface area contributed by atoms with Crippen molar-refractivity contribution in [1.29, 1.82) is 0 Å². The van der Waals surface area contributed by atoms with Crippen molar-refractivity contribution in [3.05, 3.63) is 65.0 Å². The molecule has 1 fully saturated rings. The molecule has 1 aromatic carbocycles. The van der Waals surface area contributed by atoms with Crippen LogP contribution < -0.4 is 16.0 Å². The maximum absolute atomic E-state index is 13.0. The fourth-order valence-electron chi connectivity index (χ4n) is 4.39. The Bertz CT molecular complexity index is 1270. The van der Waals surface area contributed by atoms with Crippen molar-refractivity contribution in [3.8, 4) is 0 Å². The van der Waals surface area contributed by atoms with Gasteiger partial charge in [0.25, 0.3) is 11.8 Å². The Labute approximate surface area is 198 Å². The highest BCUT2D eigenvalue weighted by atomic mass is 16.2. The van der Waals surface area contributed by atoms with E-state index in [1.165, 1.54) is 6.42 Å². The zero-order chi connectivity index (χ0) is 23.7. The number of carbonyl (C=O) groups excluding carboxylic acids is 2. The van der Waals surface area contributed by atoms with E-state index in [4.69, 9.17) is 0 Å². The smallest absolute Gasteiger partial charge is 0.253 e. The van der Waals surface area contributed by atoms with Crippen LogP contribution in [0.2, 0.25) is 0 Å². The predicted molar refractivity (Wildman–Crippen MR) is 131 cm³/mol. The third-order valence-electron chi connectivity index (χ3n) is 6.61. The summed E-state index contributed by atoms with van der Waals surface area (Å²) in [5, 5.41) is 17.8. The minimum atomic E-state index is -0.0963. The molecule has 5 rings (SSSR count). The summed E-state index contributed by atoms with van der Waals surface area (Å²) < 4.78 is 1.89. The summed E-state index contributed by atoms with van der Waals surface area (Å²) >= 11 is 0. The Hall–Kier alpha value is -3.68. The average Bonchev–Trinajstić information content (AvgIpc) is 3.60. The summed E-state index contributed by atoms with van der Waals surface area (Å²) in [7, 11) is 0. The minimum Gasteiger partial charge on any atom is -0.351 e. The topological polar surface area (TPSA) is 100 Å². The van der Waals surface area contributed by atoms with Gasteiger partial charge in [0, 0.05) is 29.5 Å². The number of nitrogens with zero attached hydrogens (tertiary/aromatic N) is 3.